The second-order valence-electron chi connectivity index (χ2n) is 17.2. The van der Waals surface area contributed by atoms with E-state index in [0.717, 1.165) is 62.7 Å². The summed E-state index contributed by atoms with van der Waals surface area (Å²) in [7, 11) is -4.57. The second kappa shape index (κ2) is 18.2. The number of hydrogen-bond donors (Lipinski definition) is 3. The van der Waals surface area contributed by atoms with Gasteiger partial charge in [-0.3, -0.25) is 19.8 Å². The first-order valence-electron chi connectivity index (χ1n) is 21.0. The molecule has 2 aliphatic heterocycles. The van der Waals surface area contributed by atoms with Crippen molar-refractivity contribution in [1.82, 2.24) is 19.6 Å². The maximum absolute atomic E-state index is 13.9. The van der Waals surface area contributed by atoms with Gasteiger partial charge < -0.3 is 29.4 Å². The van der Waals surface area contributed by atoms with Gasteiger partial charge in [0.15, 0.2) is 0 Å². The number of pyridine rings is 1. The average molecular weight is 884 g/mol. The number of aromatic nitrogens is 2. The molecule has 1 aliphatic carbocycles. The summed E-state index contributed by atoms with van der Waals surface area (Å²) in [5.74, 6) is 0.0267. The minimum atomic E-state index is -4.57. The van der Waals surface area contributed by atoms with E-state index in [1.54, 1.807) is 30.5 Å². The number of nitrogens with zero attached hydrogens (tertiary/aromatic N) is 4. The van der Waals surface area contributed by atoms with Crippen LogP contribution in [0.2, 0.25) is 0 Å². The maximum atomic E-state index is 13.9. The van der Waals surface area contributed by atoms with Crippen molar-refractivity contribution in [2.24, 2.45) is 5.41 Å². The molecule has 1 amide bonds. The zero-order valence-corrected chi connectivity index (χ0v) is 37.1. The summed E-state index contributed by atoms with van der Waals surface area (Å²) in [4.78, 5) is 39.9. The zero-order valence-electron chi connectivity index (χ0n) is 35.4. The highest BCUT2D eigenvalue weighted by Gasteiger charge is 2.31. The topological polar surface area (TPSA) is 181 Å². The summed E-state index contributed by atoms with van der Waals surface area (Å²) in [6.07, 6.45) is 6.30. The molecule has 5 heterocycles. The summed E-state index contributed by atoms with van der Waals surface area (Å²) in [5, 5.41) is 15.8. The molecule has 0 bridgehead atoms. The van der Waals surface area contributed by atoms with Crippen LogP contribution in [0.3, 0.4) is 0 Å². The number of thiophene rings is 1. The van der Waals surface area contributed by atoms with Crippen LogP contribution in [-0.4, -0.2) is 99.3 Å². The minimum absolute atomic E-state index is 0.0403. The molecule has 62 heavy (non-hydrogen) atoms. The normalized spacial score (nSPS) is 18.6. The van der Waals surface area contributed by atoms with Crippen LogP contribution >= 0.6 is 11.3 Å². The first-order valence-corrected chi connectivity index (χ1v) is 23.3. The molecule has 15 nitrogen and oxygen atoms in total. The lowest BCUT2D eigenvalue weighted by Crippen LogP contribution is -2.47. The first kappa shape index (κ1) is 43.3. The number of sulfonamides is 1. The molecule has 2 saturated heterocycles. The summed E-state index contributed by atoms with van der Waals surface area (Å²) >= 11 is 1.93. The van der Waals surface area contributed by atoms with E-state index in [1.165, 1.54) is 45.7 Å². The van der Waals surface area contributed by atoms with Crippen molar-refractivity contribution in [2.45, 2.75) is 63.9 Å². The Balaban J connectivity index is 1.00. The molecule has 1 unspecified atom stereocenters. The molecule has 3 N–H and O–H groups in total. The number of nitro groups is 1. The summed E-state index contributed by atoms with van der Waals surface area (Å²) in [5.41, 5.74) is 4.38. The lowest BCUT2D eigenvalue weighted by atomic mass is 9.74. The molecule has 0 spiro atoms. The number of amides is 1. The van der Waals surface area contributed by atoms with Crippen molar-refractivity contribution in [2.75, 3.05) is 69.3 Å². The lowest BCUT2D eigenvalue weighted by molar-refractivity contribution is -0.384. The number of fused-ring (bicyclic) bond motifs is 1. The summed E-state index contributed by atoms with van der Waals surface area (Å²) in [6, 6.07) is 16.7. The molecule has 0 radical (unpaired) electrons. The lowest BCUT2D eigenvalue weighted by Gasteiger charge is -2.39. The molecule has 8 rings (SSSR count). The number of carbonyl (C=O) groups is 1. The Morgan fingerprint density at radius 2 is 1.90 bits per heavy atom. The third kappa shape index (κ3) is 9.97. The van der Waals surface area contributed by atoms with Crippen LogP contribution in [0.1, 0.15) is 73.0 Å². The van der Waals surface area contributed by atoms with Gasteiger partial charge >= 0.3 is 0 Å². The molecule has 328 valence electrons. The number of benzene rings is 2. The maximum Gasteiger partial charge on any atom is 0.293 e. The van der Waals surface area contributed by atoms with Gasteiger partial charge in [-0.25, -0.2) is 18.1 Å². The number of rotatable bonds is 14. The number of H-pyrrole nitrogens is 1. The van der Waals surface area contributed by atoms with E-state index >= 15 is 0 Å². The third-order valence-corrected chi connectivity index (χ3v) is 14.5. The Kier molecular flexibility index (Phi) is 12.7. The highest BCUT2D eigenvalue weighted by atomic mass is 32.2. The van der Waals surface area contributed by atoms with Crippen molar-refractivity contribution in [3.05, 3.63) is 104 Å². The van der Waals surface area contributed by atoms with Crippen molar-refractivity contribution in [3.8, 4) is 11.5 Å². The predicted octanol–water partition coefficient (Wildman–Crippen LogP) is 8.18. The van der Waals surface area contributed by atoms with Gasteiger partial charge in [0.25, 0.3) is 21.6 Å². The number of anilines is 2. The first-order chi connectivity index (χ1) is 29.7. The SMILES string of the molecule is CC(C)c1ccc(C2=C(CN3CCN(c4ccc(C(=O)NS(=O)(=O)c5ccc(NCC6COCCO6)c([N+](=O)[O-])c5)c(Oc5cnc6[nH]ccc6c5)c4)CC3)CCC(C)(C)C2)s1. The van der Waals surface area contributed by atoms with Crippen LogP contribution in [0.15, 0.2) is 83.5 Å². The molecular formula is C45H53N7O8S2. The Hall–Kier alpha value is -5.33. The molecule has 0 saturated carbocycles. The van der Waals surface area contributed by atoms with Crippen LogP contribution < -0.4 is 19.7 Å². The summed E-state index contributed by atoms with van der Waals surface area (Å²) in [6.45, 7) is 14.8. The Morgan fingerprint density at radius 3 is 2.65 bits per heavy atom. The fourth-order valence-corrected chi connectivity index (χ4v) is 10.3. The monoisotopic (exact) mass is 883 g/mol. The molecule has 1 atom stereocenters. The number of piperazine rings is 1. The summed E-state index contributed by atoms with van der Waals surface area (Å²) < 4.78 is 46.7. The van der Waals surface area contributed by atoms with Crippen LogP contribution in [0.4, 0.5) is 17.1 Å². The number of aromatic amines is 1. The number of hydrogen-bond acceptors (Lipinski definition) is 13. The Bertz CT molecular complexity index is 2590. The second-order valence-corrected chi connectivity index (χ2v) is 20.0. The predicted molar refractivity (Wildman–Crippen MR) is 241 cm³/mol. The van der Waals surface area contributed by atoms with E-state index in [2.05, 4.69) is 69.6 Å². The van der Waals surface area contributed by atoms with E-state index < -0.39 is 31.4 Å². The van der Waals surface area contributed by atoms with E-state index in [-0.39, 0.29) is 35.1 Å². The molecular weight excluding hydrogens is 831 g/mol. The number of nitrogens with one attached hydrogen (secondary N) is 3. The van der Waals surface area contributed by atoms with E-state index in [0.29, 0.717) is 37.1 Å². The highest BCUT2D eigenvalue weighted by Crippen LogP contribution is 2.45. The van der Waals surface area contributed by atoms with Crippen LogP contribution in [0.5, 0.6) is 11.5 Å². The van der Waals surface area contributed by atoms with Gasteiger partial charge in [-0.2, -0.15) is 0 Å². The molecule has 2 fully saturated rings. The number of nitro benzene ring substituents is 1. The minimum Gasteiger partial charge on any atom is -0.455 e. The van der Waals surface area contributed by atoms with E-state index in [9.17, 15) is 23.3 Å². The van der Waals surface area contributed by atoms with Gasteiger partial charge in [-0.05, 0) is 84.7 Å². The zero-order chi connectivity index (χ0) is 43.6. The smallest absolute Gasteiger partial charge is 0.293 e. The molecule has 3 aromatic heterocycles. The third-order valence-electron chi connectivity index (χ3n) is 11.8. The van der Waals surface area contributed by atoms with Crippen molar-refractivity contribution in [1.29, 1.82) is 0 Å². The highest BCUT2D eigenvalue weighted by molar-refractivity contribution is 7.90. The van der Waals surface area contributed by atoms with E-state index in [1.807, 2.05) is 17.4 Å². The number of carbonyl (C=O) groups excluding carboxylic acids is 1. The van der Waals surface area contributed by atoms with Gasteiger partial charge in [-0.1, -0.05) is 33.3 Å². The van der Waals surface area contributed by atoms with E-state index in [4.69, 9.17) is 14.2 Å². The van der Waals surface area contributed by atoms with Crippen molar-refractivity contribution in [3.63, 3.8) is 0 Å². The van der Waals surface area contributed by atoms with Gasteiger partial charge in [0.1, 0.15) is 22.8 Å². The molecule has 17 heteroatoms. The standard InChI is InChI=1S/C45H53N7O8S2/c1-29(2)41-9-10-42(61-41)37-24-45(3,4)13-11-31(37)27-50-15-17-51(18-16-50)32-5-7-36(40(22-32)60-33-21-30-12-14-46-43(30)48-25-33)44(53)49-62(56,57)35-6-8-38(39(23-35)52(54)55)47-26-34-28-58-19-20-59-34/h5-10,12,14,21-23,25,29,34,47H,11,13,15-20,24,26-28H2,1-4H3,(H,46,48)(H,49,53). The van der Waals surface area contributed by atoms with Crippen molar-refractivity contribution < 1.29 is 32.3 Å². The fourth-order valence-electron chi connectivity index (χ4n) is 8.20. The number of ether oxygens (including phenoxy) is 3. The largest absolute Gasteiger partial charge is 0.455 e. The van der Waals surface area contributed by atoms with Crippen molar-refractivity contribution >= 4 is 60.9 Å². The molecule has 3 aliphatic rings. The Morgan fingerprint density at radius 1 is 1.08 bits per heavy atom. The van der Waals surface area contributed by atoms with Gasteiger partial charge in [0, 0.05) is 78.4 Å². The molecule has 2 aromatic carbocycles. The van der Waals surface area contributed by atoms with Gasteiger partial charge in [-0.15, -0.1) is 11.3 Å². The van der Waals surface area contributed by atoms with Crippen LogP contribution in [0.25, 0.3) is 16.6 Å². The Labute approximate surface area is 365 Å². The van der Waals surface area contributed by atoms with Crippen LogP contribution in [-0.2, 0) is 19.5 Å². The fraction of sp³-hybridized carbons (Fsp3) is 0.422. The number of allylic oxidation sites excluding steroid dienone is 1. The van der Waals surface area contributed by atoms with Crippen LogP contribution in [0, 0.1) is 15.5 Å². The van der Waals surface area contributed by atoms with Gasteiger partial charge in [0.05, 0.1) is 47.5 Å². The molecule has 5 aromatic rings. The quantitative estimate of drug-likeness (QED) is 0.0720. The average Bonchev–Trinajstić information content (AvgIpc) is 3.95. The van der Waals surface area contributed by atoms with Gasteiger partial charge in [0.2, 0.25) is 0 Å².